The largest absolute Gasteiger partial charge is 0.481 e. The summed E-state index contributed by atoms with van der Waals surface area (Å²) < 4.78 is 39.9. The molecule has 12 heteroatoms. The van der Waals surface area contributed by atoms with Crippen LogP contribution < -0.4 is 10.6 Å². The zero-order chi connectivity index (χ0) is 25.2. The molecule has 0 bridgehead atoms. The molecule has 9 nitrogen and oxygen atoms in total. The summed E-state index contributed by atoms with van der Waals surface area (Å²) in [5, 5.41) is 43.4. The number of aliphatic hydroxyl groups excluding tert-OH is 2. The van der Waals surface area contributed by atoms with Crippen LogP contribution in [0.1, 0.15) is 28.8 Å². The molecule has 2 unspecified atom stereocenters. The van der Waals surface area contributed by atoms with Crippen molar-refractivity contribution in [3.05, 3.63) is 53.6 Å². The van der Waals surface area contributed by atoms with E-state index in [0.717, 1.165) is 12.1 Å². The van der Waals surface area contributed by atoms with Crippen LogP contribution in [0.15, 0.2) is 42.5 Å². The van der Waals surface area contributed by atoms with Crippen molar-refractivity contribution < 1.29 is 48.0 Å². The van der Waals surface area contributed by atoms with E-state index in [1.165, 1.54) is 24.3 Å². The van der Waals surface area contributed by atoms with Crippen molar-refractivity contribution in [2.45, 2.75) is 31.2 Å². The molecule has 1 saturated carbocycles. The number of aliphatic carboxylic acids is 1. The van der Waals surface area contributed by atoms with Crippen LogP contribution in [-0.4, -0.2) is 50.5 Å². The summed E-state index contributed by atoms with van der Waals surface area (Å²) in [7, 11) is 0. The van der Waals surface area contributed by atoms with Crippen molar-refractivity contribution >= 4 is 34.9 Å². The molecule has 182 valence electrons. The van der Waals surface area contributed by atoms with Gasteiger partial charge in [0.25, 0.3) is 0 Å². The molecule has 4 atom stereocenters. The van der Waals surface area contributed by atoms with Gasteiger partial charge in [-0.15, -0.1) is 0 Å². The molecule has 0 aliphatic heterocycles. The topological polar surface area (TPSA) is 156 Å². The Morgan fingerprint density at radius 2 is 1.47 bits per heavy atom. The smallest absolute Gasteiger partial charge is 0.416 e. The fourth-order valence-corrected chi connectivity index (χ4v) is 3.81. The van der Waals surface area contributed by atoms with Crippen LogP contribution in [0.2, 0.25) is 0 Å². The van der Waals surface area contributed by atoms with Gasteiger partial charge in [-0.2, -0.15) is 13.2 Å². The van der Waals surface area contributed by atoms with Gasteiger partial charge < -0.3 is 31.1 Å². The molecule has 0 heterocycles. The third kappa shape index (κ3) is 5.46. The van der Waals surface area contributed by atoms with E-state index in [0.29, 0.717) is 6.07 Å². The molecule has 1 aliphatic carbocycles. The van der Waals surface area contributed by atoms with Gasteiger partial charge in [0.2, 0.25) is 5.91 Å². The Morgan fingerprint density at radius 1 is 0.853 bits per heavy atom. The van der Waals surface area contributed by atoms with Crippen LogP contribution in [0, 0.1) is 11.8 Å². The predicted molar refractivity (Wildman–Crippen MR) is 113 cm³/mol. The van der Waals surface area contributed by atoms with Crippen LogP contribution in [-0.2, 0) is 15.8 Å². The molecule has 6 N–H and O–H groups in total. The first kappa shape index (κ1) is 25.0. The summed E-state index contributed by atoms with van der Waals surface area (Å²) in [6, 6.07) is 7.99. The Balaban J connectivity index is 1.98. The van der Waals surface area contributed by atoms with E-state index in [1.54, 1.807) is 0 Å². The van der Waals surface area contributed by atoms with Crippen molar-refractivity contribution in [1.29, 1.82) is 0 Å². The number of carboxylic acid groups (broad SMARTS) is 2. The summed E-state index contributed by atoms with van der Waals surface area (Å²) in [4.78, 5) is 36.0. The van der Waals surface area contributed by atoms with Crippen molar-refractivity contribution in [2.75, 3.05) is 10.6 Å². The van der Waals surface area contributed by atoms with Crippen LogP contribution in [0.25, 0.3) is 0 Å². The van der Waals surface area contributed by atoms with Crippen molar-refractivity contribution in [3.8, 4) is 0 Å². The Bertz CT molecular complexity index is 1110. The molecule has 1 fully saturated rings. The maximum atomic E-state index is 13.3. The number of carboxylic acids is 2. The summed E-state index contributed by atoms with van der Waals surface area (Å²) >= 11 is 0. The lowest BCUT2D eigenvalue weighted by Crippen LogP contribution is -2.46. The summed E-state index contributed by atoms with van der Waals surface area (Å²) in [5.74, 6) is -6.35. The second kappa shape index (κ2) is 9.69. The molecule has 1 aliphatic rings. The fourth-order valence-electron chi connectivity index (χ4n) is 3.81. The van der Waals surface area contributed by atoms with Gasteiger partial charge in [0.05, 0.1) is 52.2 Å². The number of para-hydroxylation sites is 1. The maximum absolute atomic E-state index is 13.3. The molecule has 0 spiro atoms. The third-order valence-electron chi connectivity index (χ3n) is 5.61. The number of carbonyl (C=O) groups is 3. The van der Waals surface area contributed by atoms with Gasteiger partial charge >= 0.3 is 18.1 Å². The molecular formula is C22H21F3N2O7. The highest BCUT2D eigenvalue weighted by Gasteiger charge is 2.43. The van der Waals surface area contributed by atoms with Crippen molar-refractivity contribution in [3.63, 3.8) is 0 Å². The molecule has 34 heavy (non-hydrogen) atoms. The number of hydrogen-bond acceptors (Lipinski definition) is 6. The molecule has 0 aromatic heterocycles. The number of rotatable bonds is 6. The summed E-state index contributed by atoms with van der Waals surface area (Å²) in [6.07, 6.45) is -8.32. The molecule has 1 amide bonds. The van der Waals surface area contributed by atoms with Crippen molar-refractivity contribution in [2.24, 2.45) is 11.8 Å². The Morgan fingerprint density at radius 3 is 2.06 bits per heavy atom. The average Bonchev–Trinajstić information content (AvgIpc) is 2.75. The molecule has 0 radical (unpaired) electrons. The normalized spacial score (nSPS) is 22.6. The van der Waals surface area contributed by atoms with E-state index >= 15 is 0 Å². The predicted octanol–water partition coefficient (Wildman–Crippen LogP) is 2.92. The minimum Gasteiger partial charge on any atom is -0.481 e. The Hall–Kier alpha value is -3.64. The highest BCUT2D eigenvalue weighted by molar-refractivity contribution is 6.00. The first-order chi connectivity index (χ1) is 15.9. The molecular weight excluding hydrogens is 461 g/mol. The lowest BCUT2D eigenvalue weighted by atomic mass is 9.76. The lowest BCUT2D eigenvalue weighted by molar-refractivity contribution is -0.153. The zero-order valence-corrected chi connectivity index (χ0v) is 17.4. The third-order valence-corrected chi connectivity index (χ3v) is 5.61. The number of alkyl halides is 3. The SMILES string of the molecule is O=C(O)c1ccccc1Nc1ccc(C(F)(F)F)cc1NC(=O)[C@H]1CC(O)C(O)C[C@@H]1C(=O)O. The van der Waals surface area contributed by atoms with Crippen LogP contribution in [0.3, 0.4) is 0 Å². The standard InChI is InChI=1S/C22H21F3N2O7/c23-22(24,25)10-5-6-15(26-14-4-2-1-3-11(14)20(31)32)16(7-10)27-19(30)12-8-17(28)18(29)9-13(12)21(33)34/h1-7,12-13,17-18,26,28-29H,8-9H2,(H,27,30)(H,31,32)(H,33,34)/t12-,13-,17?,18?/m0/s1. The average molecular weight is 482 g/mol. The van der Waals surface area contributed by atoms with Gasteiger partial charge in [0.15, 0.2) is 0 Å². The molecule has 2 aromatic carbocycles. The highest BCUT2D eigenvalue weighted by Crippen LogP contribution is 2.37. The van der Waals surface area contributed by atoms with E-state index in [2.05, 4.69) is 10.6 Å². The van der Waals surface area contributed by atoms with Crippen LogP contribution in [0.4, 0.5) is 30.2 Å². The number of anilines is 3. The van der Waals surface area contributed by atoms with Crippen LogP contribution >= 0.6 is 0 Å². The quantitative estimate of drug-likeness (QED) is 0.367. The monoisotopic (exact) mass is 482 g/mol. The van der Waals surface area contributed by atoms with Crippen molar-refractivity contribution in [1.82, 2.24) is 0 Å². The number of benzene rings is 2. The van der Waals surface area contributed by atoms with Crippen LogP contribution in [0.5, 0.6) is 0 Å². The van der Waals surface area contributed by atoms with E-state index in [9.17, 15) is 48.0 Å². The number of amides is 1. The number of halogens is 3. The first-order valence-corrected chi connectivity index (χ1v) is 10.1. The second-order valence-electron chi connectivity index (χ2n) is 7.88. The first-order valence-electron chi connectivity index (χ1n) is 10.1. The summed E-state index contributed by atoms with van der Waals surface area (Å²) in [6.45, 7) is 0. The Kier molecular flexibility index (Phi) is 7.12. The van der Waals surface area contributed by atoms with Gasteiger partial charge in [-0.05, 0) is 43.2 Å². The number of hydrogen-bond donors (Lipinski definition) is 6. The van der Waals surface area contributed by atoms with Gasteiger partial charge in [-0.3, -0.25) is 9.59 Å². The number of aliphatic hydroxyl groups is 2. The fraction of sp³-hybridized carbons (Fsp3) is 0.318. The van der Waals surface area contributed by atoms with E-state index < -0.39 is 66.5 Å². The molecule has 0 saturated heterocycles. The number of nitrogens with one attached hydrogen (secondary N) is 2. The van der Waals surface area contributed by atoms with Gasteiger partial charge in [0, 0.05) is 0 Å². The van der Waals surface area contributed by atoms with E-state index in [1.807, 2.05) is 0 Å². The maximum Gasteiger partial charge on any atom is 0.416 e. The summed E-state index contributed by atoms with van der Waals surface area (Å²) in [5.41, 5.74) is -1.67. The highest BCUT2D eigenvalue weighted by atomic mass is 19.4. The number of aromatic carboxylic acids is 1. The Labute approximate surface area is 190 Å². The lowest BCUT2D eigenvalue weighted by Gasteiger charge is -2.34. The second-order valence-corrected chi connectivity index (χ2v) is 7.88. The minimum absolute atomic E-state index is 0.0462. The minimum atomic E-state index is -4.76. The molecule has 3 rings (SSSR count). The van der Waals surface area contributed by atoms with E-state index in [-0.39, 0.29) is 22.6 Å². The van der Waals surface area contributed by atoms with E-state index in [4.69, 9.17) is 0 Å². The zero-order valence-electron chi connectivity index (χ0n) is 17.4. The van der Waals surface area contributed by atoms with Gasteiger partial charge in [-0.1, -0.05) is 12.1 Å². The molecule has 2 aromatic rings. The number of carbonyl (C=O) groups excluding carboxylic acids is 1. The van der Waals surface area contributed by atoms with Gasteiger partial charge in [-0.25, -0.2) is 4.79 Å². The van der Waals surface area contributed by atoms with Gasteiger partial charge in [0.1, 0.15) is 0 Å².